The molecule has 1 atom stereocenters. The van der Waals surface area contributed by atoms with Crippen molar-refractivity contribution in [2.45, 2.75) is 33.7 Å². The second kappa shape index (κ2) is 16.5. The second-order valence-corrected chi connectivity index (χ2v) is 11.8. The zero-order valence-electron chi connectivity index (χ0n) is 27.2. The summed E-state index contributed by atoms with van der Waals surface area (Å²) in [5.41, 5.74) is 1.31. The van der Waals surface area contributed by atoms with Crippen molar-refractivity contribution in [2.24, 2.45) is 4.99 Å². The average Bonchev–Trinajstić information content (AvgIpc) is 3.36. The Morgan fingerprint density at radius 1 is 0.896 bits per heavy atom. The normalized spacial score (nSPS) is 14.1. The zero-order valence-corrected chi connectivity index (χ0v) is 29.7. The molecule has 0 fully saturated rings. The van der Waals surface area contributed by atoms with Crippen molar-refractivity contribution in [2.75, 3.05) is 47.3 Å². The van der Waals surface area contributed by atoms with Crippen LogP contribution >= 0.6 is 27.3 Å². The summed E-state index contributed by atoms with van der Waals surface area (Å²) in [5.74, 6) is -0.493. The van der Waals surface area contributed by atoms with Crippen molar-refractivity contribution in [3.05, 3.63) is 76.9 Å². The van der Waals surface area contributed by atoms with Gasteiger partial charge >= 0.3 is 17.9 Å². The van der Waals surface area contributed by atoms with Crippen LogP contribution in [0.2, 0.25) is 0 Å². The molecule has 0 bridgehead atoms. The average molecular weight is 748 g/mol. The first kappa shape index (κ1) is 36.2. The number of aromatic nitrogens is 1. The molecule has 256 valence electrons. The third-order valence-corrected chi connectivity index (χ3v) is 8.44. The summed E-state index contributed by atoms with van der Waals surface area (Å²) in [6, 6.07) is 7.45. The Morgan fingerprint density at radius 3 is 2.21 bits per heavy atom. The van der Waals surface area contributed by atoms with Gasteiger partial charge in [-0.05, 0) is 85.1 Å². The van der Waals surface area contributed by atoms with E-state index in [0.29, 0.717) is 54.5 Å². The van der Waals surface area contributed by atoms with Gasteiger partial charge in [0.2, 0.25) is 0 Å². The summed E-state index contributed by atoms with van der Waals surface area (Å²) < 4.78 is 39.9. The molecule has 0 spiro atoms. The molecule has 1 aliphatic rings. The highest BCUT2D eigenvalue weighted by molar-refractivity contribution is 9.10. The first-order valence-electron chi connectivity index (χ1n) is 14.9. The van der Waals surface area contributed by atoms with Gasteiger partial charge in [0.15, 0.2) is 41.0 Å². The van der Waals surface area contributed by atoms with E-state index in [2.05, 4.69) is 30.4 Å². The van der Waals surface area contributed by atoms with E-state index in [1.807, 2.05) is 0 Å². The van der Waals surface area contributed by atoms with Gasteiger partial charge in [0.05, 0.1) is 60.4 Å². The maximum atomic E-state index is 14.2. The number of esters is 3. The highest BCUT2D eigenvalue weighted by Crippen LogP contribution is 2.38. The van der Waals surface area contributed by atoms with Gasteiger partial charge in [-0.25, -0.2) is 19.4 Å². The quantitative estimate of drug-likeness (QED) is 0.176. The number of carbonyl (C=O) groups is 3. The molecular formula is C33H35BrN2O11S. The maximum Gasteiger partial charge on any atom is 0.343 e. The molecule has 2 aromatic carbocycles. The number of fused-ring (bicyclic) bond motifs is 1. The van der Waals surface area contributed by atoms with Crippen LogP contribution in [0, 0.1) is 0 Å². The number of allylic oxidation sites excluding steroid dienone is 1. The smallest absolute Gasteiger partial charge is 0.343 e. The van der Waals surface area contributed by atoms with Crippen molar-refractivity contribution < 1.29 is 47.5 Å². The van der Waals surface area contributed by atoms with Crippen LogP contribution in [-0.2, 0) is 28.6 Å². The van der Waals surface area contributed by atoms with Crippen LogP contribution in [0.5, 0.6) is 23.0 Å². The maximum absolute atomic E-state index is 14.2. The van der Waals surface area contributed by atoms with E-state index in [9.17, 15) is 19.2 Å². The van der Waals surface area contributed by atoms with Gasteiger partial charge < -0.3 is 33.2 Å². The number of hydrogen-bond donors (Lipinski definition) is 0. The molecule has 4 rings (SSSR count). The van der Waals surface area contributed by atoms with Crippen molar-refractivity contribution in [3.8, 4) is 23.0 Å². The van der Waals surface area contributed by atoms with Gasteiger partial charge in [0.25, 0.3) is 5.56 Å². The van der Waals surface area contributed by atoms with Crippen LogP contribution in [0.4, 0.5) is 0 Å². The molecule has 0 N–H and O–H groups in total. The van der Waals surface area contributed by atoms with E-state index in [1.165, 1.54) is 18.8 Å². The Balaban J connectivity index is 1.87. The number of rotatable bonds is 14. The monoisotopic (exact) mass is 746 g/mol. The number of hydrogen-bond acceptors (Lipinski definition) is 13. The summed E-state index contributed by atoms with van der Waals surface area (Å²) in [5, 5.41) is 0. The molecule has 3 aromatic rings. The molecule has 0 unspecified atom stereocenters. The summed E-state index contributed by atoms with van der Waals surface area (Å²) in [7, 11) is 2.52. The van der Waals surface area contributed by atoms with Crippen LogP contribution in [0.1, 0.15) is 44.9 Å². The zero-order chi connectivity index (χ0) is 35.0. The standard InChI is InChI=1S/C33H35BrN2O11S/c1-7-43-23-15-20(10-11-22(23)46-16-26(37)41-5)29-28(32(40)45-9-3)18(4)35-33-36(29)31(39)25(48-33)14-19-12-21(34)30(24(13-19)44-8-2)47-17-27(38)42-6/h10-15,29H,7-9,16-17H2,1-6H3/b25-14-/t29-/m0/s1. The fourth-order valence-electron chi connectivity index (χ4n) is 4.80. The van der Waals surface area contributed by atoms with Crippen LogP contribution in [0.3, 0.4) is 0 Å². The van der Waals surface area contributed by atoms with E-state index in [4.69, 9.17) is 23.7 Å². The van der Waals surface area contributed by atoms with Gasteiger partial charge in [-0.1, -0.05) is 17.4 Å². The lowest BCUT2D eigenvalue weighted by atomic mass is 9.95. The van der Waals surface area contributed by atoms with Gasteiger partial charge in [-0.15, -0.1) is 0 Å². The van der Waals surface area contributed by atoms with Gasteiger partial charge in [0.1, 0.15) is 0 Å². The SMILES string of the molecule is CCOC(=O)C1=C(C)N=c2s/c(=C\c3cc(Br)c(OCC(=O)OC)c(OCC)c3)c(=O)n2[C@H]1c1ccc(OCC(=O)OC)c(OCC)c1. The number of ether oxygens (including phenoxy) is 7. The van der Waals surface area contributed by atoms with E-state index < -0.39 is 29.5 Å². The fraction of sp³-hybridized carbons (Fsp3) is 0.364. The first-order valence-corrected chi connectivity index (χ1v) is 16.5. The minimum atomic E-state index is -0.920. The predicted molar refractivity (Wildman–Crippen MR) is 178 cm³/mol. The van der Waals surface area contributed by atoms with E-state index in [0.717, 1.165) is 11.3 Å². The fourth-order valence-corrected chi connectivity index (χ4v) is 6.42. The van der Waals surface area contributed by atoms with Crippen molar-refractivity contribution >= 4 is 51.3 Å². The first-order chi connectivity index (χ1) is 23.1. The van der Waals surface area contributed by atoms with Gasteiger partial charge in [0, 0.05) is 0 Å². The number of carbonyl (C=O) groups excluding carboxylic acids is 3. The lowest BCUT2D eigenvalue weighted by Crippen LogP contribution is -2.40. The Morgan fingerprint density at radius 2 is 1.56 bits per heavy atom. The molecule has 1 aromatic heterocycles. The molecule has 13 nitrogen and oxygen atoms in total. The molecule has 0 aliphatic carbocycles. The topological polar surface area (TPSA) is 150 Å². The van der Waals surface area contributed by atoms with Crippen molar-refractivity contribution in [3.63, 3.8) is 0 Å². The molecule has 0 radical (unpaired) electrons. The molecule has 0 saturated carbocycles. The molecule has 0 amide bonds. The molecule has 0 saturated heterocycles. The third kappa shape index (κ3) is 8.08. The van der Waals surface area contributed by atoms with E-state index in [-0.39, 0.29) is 37.8 Å². The van der Waals surface area contributed by atoms with Gasteiger partial charge in [-0.3, -0.25) is 9.36 Å². The van der Waals surface area contributed by atoms with E-state index >= 15 is 0 Å². The Labute approximate surface area is 288 Å². The molecule has 15 heteroatoms. The molecule has 2 heterocycles. The van der Waals surface area contributed by atoms with Crippen LogP contribution in [0.15, 0.2) is 55.9 Å². The summed E-state index contributed by atoms with van der Waals surface area (Å²) in [4.78, 5) is 55.9. The molecule has 48 heavy (non-hydrogen) atoms. The largest absolute Gasteiger partial charge is 0.490 e. The van der Waals surface area contributed by atoms with Crippen LogP contribution in [-0.4, -0.2) is 69.7 Å². The highest BCUT2D eigenvalue weighted by atomic mass is 79.9. The Bertz CT molecular complexity index is 1910. The van der Waals surface area contributed by atoms with Gasteiger partial charge in [-0.2, -0.15) is 0 Å². The van der Waals surface area contributed by atoms with E-state index in [1.54, 1.807) is 64.1 Å². The summed E-state index contributed by atoms with van der Waals surface area (Å²) >= 11 is 4.63. The van der Waals surface area contributed by atoms with Crippen LogP contribution in [0.25, 0.3) is 6.08 Å². The van der Waals surface area contributed by atoms with Crippen LogP contribution < -0.4 is 33.8 Å². The number of methoxy groups -OCH3 is 2. The number of halogens is 1. The highest BCUT2D eigenvalue weighted by Gasteiger charge is 2.34. The number of benzene rings is 2. The minimum absolute atomic E-state index is 0.119. The Kier molecular flexibility index (Phi) is 12.4. The summed E-state index contributed by atoms with van der Waals surface area (Å²) in [6.45, 7) is 7.04. The predicted octanol–water partition coefficient (Wildman–Crippen LogP) is 3.46. The number of thiazole rings is 1. The summed E-state index contributed by atoms with van der Waals surface area (Å²) in [6.07, 6.45) is 1.68. The minimum Gasteiger partial charge on any atom is -0.490 e. The lowest BCUT2D eigenvalue weighted by Gasteiger charge is -2.25. The molecule has 1 aliphatic heterocycles. The van der Waals surface area contributed by atoms with Crippen molar-refractivity contribution in [1.29, 1.82) is 0 Å². The number of nitrogens with zero attached hydrogens (tertiary/aromatic N) is 2. The third-order valence-electron chi connectivity index (χ3n) is 6.87. The Hall–Kier alpha value is -4.63. The van der Waals surface area contributed by atoms with Crippen molar-refractivity contribution in [1.82, 2.24) is 4.57 Å². The molecular weight excluding hydrogens is 712 g/mol. The second-order valence-electron chi connectivity index (χ2n) is 9.93. The lowest BCUT2D eigenvalue weighted by molar-refractivity contribution is -0.143.